The number of carbonyl (C=O) groups excluding carboxylic acids is 1. The first-order valence-electron chi connectivity index (χ1n) is 7.80. The normalized spacial score (nSPS) is 11.1. The van der Waals surface area contributed by atoms with Crippen molar-refractivity contribution in [2.45, 2.75) is 18.0 Å². The van der Waals surface area contributed by atoms with Crippen LogP contribution in [-0.4, -0.2) is 28.8 Å². The van der Waals surface area contributed by atoms with Crippen LogP contribution in [0, 0.1) is 0 Å². The third kappa shape index (κ3) is 7.17. The molecule has 0 saturated carbocycles. The van der Waals surface area contributed by atoms with Gasteiger partial charge in [-0.2, -0.15) is 0 Å². The topological polar surface area (TPSA) is 29.5 Å². The van der Waals surface area contributed by atoms with Crippen molar-refractivity contribution < 1.29 is 9.53 Å². The van der Waals surface area contributed by atoms with Gasteiger partial charge in [0.1, 0.15) is 0 Å². The van der Waals surface area contributed by atoms with E-state index in [2.05, 4.69) is 0 Å². The highest BCUT2D eigenvalue weighted by molar-refractivity contribution is 6.53. The highest BCUT2D eigenvalue weighted by Crippen LogP contribution is 2.24. The smallest absolute Gasteiger partial charge is 0.256 e. The zero-order valence-corrected chi connectivity index (χ0v) is 18.4. The number of benzene rings is 2. The van der Waals surface area contributed by atoms with E-state index < -0.39 is 10.7 Å². The van der Waals surface area contributed by atoms with Crippen molar-refractivity contribution in [3.63, 3.8) is 0 Å². The Labute approximate surface area is 188 Å². The van der Waals surface area contributed by atoms with E-state index in [0.717, 1.165) is 11.1 Å². The molecule has 2 aromatic carbocycles. The Morgan fingerprint density at radius 3 is 2.00 bits per heavy atom. The molecule has 0 spiro atoms. The summed E-state index contributed by atoms with van der Waals surface area (Å²) in [6, 6.07) is 10.2. The molecule has 0 saturated heterocycles. The van der Waals surface area contributed by atoms with E-state index in [-0.39, 0.29) is 26.3 Å². The number of rotatable bonds is 8. The van der Waals surface area contributed by atoms with Gasteiger partial charge in [-0.1, -0.05) is 81.7 Å². The largest absolute Gasteiger partial charge is 0.375 e. The van der Waals surface area contributed by atoms with Gasteiger partial charge in [0.15, 0.2) is 4.84 Å². The minimum absolute atomic E-state index is 0.232. The van der Waals surface area contributed by atoms with Crippen LogP contribution >= 0.6 is 69.6 Å². The van der Waals surface area contributed by atoms with E-state index in [4.69, 9.17) is 74.3 Å². The Bertz CT molecular complexity index is 799. The maximum absolute atomic E-state index is 12.3. The summed E-state index contributed by atoms with van der Waals surface area (Å²) in [5, 5.41) is 2.04. The van der Waals surface area contributed by atoms with Crippen LogP contribution < -0.4 is 0 Å². The fraction of sp³-hybridized carbons (Fsp3) is 0.278. The molecule has 146 valence electrons. The predicted molar refractivity (Wildman–Crippen MR) is 113 cm³/mol. The van der Waals surface area contributed by atoms with Gasteiger partial charge in [0.25, 0.3) is 5.91 Å². The number of alkyl halides is 2. The monoisotopic (exact) mass is 487 g/mol. The molecule has 0 heterocycles. The Kier molecular flexibility index (Phi) is 9.30. The van der Waals surface area contributed by atoms with E-state index in [0.29, 0.717) is 20.1 Å². The number of hydrogen-bond donors (Lipinski definition) is 0. The molecular weight excluding hydrogens is 475 g/mol. The average molecular weight is 490 g/mol. The summed E-state index contributed by atoms with van der Waals surface area (Å²) in [6.07, 6.45) is 0. The van der Waals surface area contributed by atoms with Gasteiger partial charge in [-0.25, -0.2) is 0 Å². The lowest BCUT2D eigenvalue weighted by atomic mass is 10.2. The molecule has 0 fully saturated rings. The second-order valence-electron chi connectivity index (χ2n) is 5.58. The second-order valence-corrected chi connectivity index (χ2v) is 8.37. The minimum Gasteiger partial charge on any atom is -0.375 e. The van der Waals surface area contributed by atoms with Crippen LogP contribution in [0.15, 0.2) is 36.4 Å². The zero-order chi connectivity index (χ0) is 20.0. The number of nitrogens with zero attached hydrogens (tertiary/aromatic N) is 1. The molecule has 0 aliphatic rings. The first-order valence-corrected chi connectivity index (χ1v) is 10.2. The molecular formula is C18H15Cl6NO2. The molecule has 0 unspecified atom stereocenters. The van der Waals surface area contributed by atoms with Gasteiger partial charge >= 0.3 is 0 Å². The van der Waals surface area contributed by atoms with Crippen LogP contribution in [0.1, 0.15) is 11.1 Å². The molecule has 0 aliphatic carbocycles. The number of hydrogen-bond acceptors (Lipinski definition) is 2. The maximum Gasteiger partial charge on any atom is 0.256 e. The van der Waals surface area contributed by atoms with Gasteiger partial charge in [0.05, 0.1) is 13.2 Å². The van der Waals surface area contributed by atoms with Gasteiger partial charge in [-0.3, -0.25) is 4.79 Å². The summed E-state index contributed by atoms with van der Waals surface area (Å²) in [6.45, 7) is 1.05. The van der Waals surface area contributed by atoms with Crippen molar-refractivity contribution >= 4 is 75.5 Å². The van der Waals surface area contributed by atoms with Crippen molar-refractivity contribution in [1.82, 2.24) is 4.90 Å². The standard InChI is InChI=1S/C18H15Cl6NO2/c19-13-3-1-11(15(21)7-13)9-25(18(26)17(23)24)5-6-27-10-12-2-4-14(20)8-16(12)22/h1-4,7-8,17H,5-6,9-10H2. The Balaban J connectivity index is 1.97. The first-order chi connectivity index (χ1) is 12.8. The molecule has 0 aromatic heterocycles. The lowest BCUT2D eigenvalue weighted by Crippen LogP contribution is -2.37. The third-order valence-electron chi connectivity index (χ3n) is 3.65. The number of ether oxygens (including phenoxy) is 1. The Morgan fingerprint density at radius 1 is 0.926 bits per heavy atom. The predicted octanol–water partition coefficient (Wildman–Crippen LogP) is 6.65. The molecule has 0 atom stereocenters. The van der Waals surface area contributed by atoms with E-state index in [1.54, 1.807) is 36.4 Å². The molecule has 0 bridgehead atoms. The van der Waals surface area contributed by atoms with Crippen molar-refractivity contribution in [3.05, 3.63) is 67.6 Å². The molecule has 0 N–H and O–H groups in total. The summed E-state index contributed by atoms with van der Waals surface area (Å²) in [5.74, 6) is -0.433. The molecule has 0 aliphatic heterocycles. The summed E-state index contributed by atoms with van der Waals surface area (Å²) in [7, 11) is 0. The number of amides is 1. The van der Waals surface area contributed by atoms with Crippen molar-refractivity contribution in [1.29, 1.82) is 0 Å². The zero-order valence-electron chi connectivity index (χ0n) is 13.9. The van der Waals surface area contributed by atoms with E-state index >= 15 is 0 Å². The van der Waals surface area contributed by atoms with E-state index in [1.807, 2.05) is 0 Å². The Morgan fingerprint density at radius 2 is 1.48 bits per heavy atom. The summed E-state index contributed by atoms with van der Waals surface area (Å²) >= 11 is 35.6. The molecule has 2 aromatic rings. The average Bonchev–Trinajstić information content (AvgIpc) is 2.60. The maximum atomic E-state index is 12.3. The lowest BCUT2D eigenvalue weighted by Gasteiger charge is -2.24. The quantitative estimate of drug-likeness (QED) is 0.307. The fourth-order valence-corrected chi connectivity index (χ4v) is 3.46. The van der Waals surface area contributed by atoms with E-state index in [1.165, 1.54) is 4.90 Å². The van der Waals surface area contributed by atoms with Crippen molar-refractivity contribution in [2.75, 3.05) is 13.2 Å². The van der Waals surface area contributed by atoms with Crippen LogP contribution in [0.4, 0.5) is 0 Å². The molecule has 9 heteroatoms. The summed E-state index contributed by atoms with van der Waals surface area (Å²) < 4.78 is 5.63. The third-order valence-corrected chi connectivity index (χ3v) is 5.20. The summed E-state index contributed by atoms with van der Waals surface area (Å²) in [5.41, 5.74) is 1.52. The van der Waals surface area contributed by atoms with Crippen LogP contribution in [-0.2, 0) is 22.7 Å². The highest BCUT2D eigenvalue weighted by atomic mass is 35.5. The van der Waals surface area contributed by atoms with Gasteiger partial charge in [-0.15, -0.1) is 0 Å². The first kappa shape index (κ1) is 22.9. The van der Waals surface area contributed by atoms with Gasteiger partial charge in [0, 0.05) is 33.2 Å². The molecule has 2 rings (SSSR count). The number of halogens is 6. The van der Waals surface area contributed by atoms with Crippen LogP contribution in [0.2, 0.25) is 20.1 Å². The number of carbonyl (C=O) groups is 1. The van der Waals surface area contributed by atoms with Crippen LogP contribution in [0.5, 0.6) is 0 Å². The molecule has 3 nitrogen and oxygen atoms in total. The van der Waals surface area contributed by atoms with Crippen molar-refractivity contribution in [3.8, 4) is 0 Å². The fourth-order valence-electron chi connectivity index (χ4n) is 2.26. The van der Waals surface area contributed by atoms with Crippen LogP contribution in [0.3, 0.4) is 0 Å². The van der Waals surface area contributed by atoms with Crippen molar-refractivity contribution in [2.24, 2.45) is 0 Å². The Hall–Kier alpha value is -0.390. The minimum atomic E-state index is -1.18. The van der Waals surface area contributed by atoms with Gasteiger partial charge < -0.3 is 9.64 Å². The summed E-state index contributed by atoms with van der Waals surface area (Å²) in [4.78, 5) is 12.6. The second kappa shape index (κ2) is 11.0. The molecule has 27 heavy (non-hydrogen) atoms. The van der Waals surface area contributed by atoms with Gasteiger partial charge in [0.2, 0.25) is 0 Å². The SMILES string of the molecule is O=C(C(Cl)Cl)N(CCOCc1ccc(Cl)cc1Cl)Cc1ccc(Cl)cc1Cl. The molecule has 0 radical (unpaired) electrons. The van der Waals surface area contributed by atoms with Crippen LogP contribution in [0.25, 0.3) is 0 Å². The highest BCUT2D eigenvalue weighted by Gasteiger charge is 2.21. The lowest BCUT2D eigenvalue weighted by molar-refractivity contribution is -0.130. The van der Waals surface area contributed by atoms with E-state index in [9.17, 15) is 4.79 Å². The molecule has 1 amide bonds. The van der Waals surface area contributed by atoms with Gasteiger partial charge in [-0.05, 0) is 35.4 Å².